The fourth-order valence-corrected chi connectivity index (χ4v) is 4.51. The van der Waals surface area contributed by atoms with E-state index in [0.717, 1.165) is 24.7 Å². The number of nitrogens with zero attached hydrogens (tertiary/aromatic N) is 1. The van der Waals surface area contributed by atoms with Crippen molar-refractivity contribution in [2.75, 3.05) is 17.1 Å². The maximum Gasteiger partial charge on any atom is 0.263 e. The highest BCUT2D eigenvalue weighted by Gasteiger charge is 2.36. The average molecular weight is 445 g/mol. The van der Waals surface area contributed by atoms with Crippen LogP contribution in [-0.4, -0.2) is 39.3 Å². The van der Waals surface area contributed by atoms with E-state index in [9.17, 15) is 13.2 Å². The van der Waals surface area contributed by atoms with Crippen LogP contribution in [0.4, 0.5) is 5.69 Å². The monoisotopic (exact) mass is 444 g/mol. The van der Waals surface area contributed by atoms with Gasteiger partial charge in [0.1, 0.15) is 5.75 Å². The van der Waals surface area contributed by atoms with E-state index in [1.54, 1.807) is 6.07 Å². The van der Waals surface area contributed by atoms with Crippen molar-refractivity contribution in [1.29, 1.82) is 0 Å². The first-order valence-corrected chi connectivity index (χ1v) is 12.4. The van der Waals surface area contributed by atoms with Crippen LogP contribution in [-0.2, 0) is 26.7 Å². The molecule has 31 heavy (non-hydrogen) atoms. The second-order valence-corrected chi connectivity index (χ2v) is 11.2. The number of hydrogen-bond donors (Lipinski definition) is 1. The van der Waals surface area contributed by atoms with Gasteiger partial charge in [-0.1, -0.05) is 57.2 Å². The molecule has 0 unspecified atom stereocenters. The molecule has 2 aromatic carbocycles. The molecule has 1 N–H and O–H groups in total. The van der Waals surface area contributed by atoms with Gasteiger partial charge in [-0.3, -0.25) is 9.10 Å². The molecule has 168 valence electrons. The summed E-state index contributed by atoms with van der Waals surface area (Å²) in [6.45, 7) is 8.10. The van der Waals surface area contributed by atoms with Crippen molar-refractivity contribution >= 4 is 21.6 Å². The highest BCUT2D eigenvalue weighted by Crippen LogP contribution is 2.38. The first-order chi connectivity index (χ1) is 14.4. The predicted molar refractivity (Wildman–Crippen MR) is 124 cm³/mol. The van der Waals surface area contributed by atoms with Crippen LogP contribution in [0.5, 0.6) is 5.75 Å². The average Bonchev–Trinajstić information content (AvgIpc) is 2.70. The van der Waals surface area contributed by atoms with Crippen LogP contribution < -0.4 is 14.4 Å². The van der Waals surface area contributed by atoms with Gasteiger partial charge in [-0.25, -0.2) is 8.42 Å². The number of anilines is 1. The zero-order valence-electron chi connectivity index (χ0n) is 18.9. The van der Waals surface area contributed by atoms with Crippen molar-refractivity contribution in [2.45, 2.75) is 58.1 Å². The van der Waals surface area contributed by atoms with E-state index >= 15 is 0 Å². The minimum atomic E-state index is -3.57. The normalized spacial score (nSPS) is 17.5. The molecule has 0 aliphatic carbocycles. The number of nitrogens with one attached hydrogen (secondary N) is 1. The Hall–Kier alpha value is -2.54. The molecule has 6 nitrogen and oxygen atoms in total. The number of carbonyl (C=O) groups is 1. The molecule has 0 fully saturated rings. The quantitative estimate of drug-likeness (QED) is 0.738. The highest BCUT2D eigenvalue weighted by molar-refractivity contribution is 7.92. The van der Waals surface area contributed by atoms with Crippen LogP contribution in [0.3, 0.4) is 0 Å². The number of benzene rings is 2. The number of ether oxygens (including phenoxy) is 1. The second-order valence-electron chi connectivity index (χ2n) is 9.27. The highest BCUT2D eigenvalue weighted by atomic mass is 32.2. The Balaban J connectivity index is 1.73. The van der Waals surface area contributed by atoms with E-state index in [2.05, 4.69) is 38.2 Å². The van der Waals surface area contributed by atoms with Gasteiger partial charge in [0.25, 0.3) is 5.91 Å². The minimum absolute atomic E-state index is 0.0450. The van der Waals surface area contributed by atoms with Crippen LogP contribution in [0.1, 0.15) is 45.2 Å². The largest absolute Gasteiger partial charge is 0.476 e. The topological polar surface area (TPSA) is 75.7 Å². The molecule has 0 spiro atoms. The number of rotatable bonds is 6. The van der Waals surface area contributed by atoms with Gasteiger partial charge >= 0.3 is 0 Å². The lowest BCUT2D eigenvalue weighted by Gasteiger charge is -2.35. The van der Waals surface area contributed by atoms with Gasteiger partial charge in [-0.2, -0.15) is 0 Å². The van der Waals surface area contributed by atoms with Crippen molar-refractivity contribution in [3.05, 3.63) is 59.7 Å². The lowest BCUT2D eigenvalue weighted by Crippen LogP contribution is -2.52. The van der Waals surface area contributed by atoms with E-state index in [-0.39, 0.29) is 23.9 Å². The predicted octanol–water partition coefficient (Wildman–Crippen LogP) is 3.65. The summed E-state index contributed by atoms with van der Waals surface area (Å²) in [5, 5.41) is 2.97. The Morgan fingerprint density at radius 2 is 1.87 bits per heavy atom. The van der Waals surface area contributed by atoms with Gasteiger partial charge in [-0.15, -0.1) is 0 Å². The van der Waals surface area contributed by atoms with Gasteiger partial charge in [-0.05, 0) is 48.4 Å². The summed E-state index contributed by atoms with van der Waals surface area (Å²) in [6.07, 6.45) is 1.89. The molecule has 1 aliphatic heterocycles. The number of fused-ring (bicyclic) bond motifs is 1. The second kappa shape index (κ2) is 8.91. The Morgan fingerprint density at radius 1 is 1.19 bits per heavy atom. The molecule has 0 bridgehead atoms. The van der Waals surface area contributed by atoms with Gasteiger partial charge in [0.05, 0.1) is 18.5 Å². The maximum atomic E-state index is 12.9. The van der Waals surface area contributed by atoms with Gasteiger partial charge < -0.3 is 10.1 Å². The van der Waals surface area contributed by atoms with Gasteiger partial charge in [0.15, 0.2) is 6.10 Å². The summed E-state index contributed by atoms with van der Waals surface area (Å²) in [6, 6.07) is 15.5. The fraction of sp³-hybridized carbons (Fsp3) is 0.458. The van der Waals surface area contributed by atoms with Crippen molar-refractivity contribution < 1.29 is 17.9 Å². The third-order valence-corrected chi connectivity index (χ3v) is 6.63. The summed E-state index contributed by atoms with van der Waals surface area (Å²) >= 11 is 0. The zero-order valence-corrected chi connectivity index (χ0v) is 19.7. The van der Waals surface area contributed by atoms with E-state index in [1.807, 2.05) is 37.3 Å². The number of carbonyl (C=O) groups excluding carboxylic acids is 1. The van der Waals surface area contributed by atoms with Crippen molar-refractivity contribution in [2.24, 2.45) is 0 Å². The van der Waals surface area contributed by atoms with Gasteiger partial charge in [0.2, 0.25) is 10.0 Å². The molecule has 1 heterocycles. The number of aryl methyl sites for hydroxylation is 1. The molecule has 1 amide bonds. The molecule has 3 rings (SSSR count). The molecule has 0 saturated heterocycles. The first kappa shape index (κ1) is 23.1. The summed E-state index contributed by atoms with van der Waals surface area (Å²) < 4.78 is 32.2. The van der Waals surface area contributed by atoms with Crippen LogP contribution >= 0.6 is 0 Å². The van der Waals surface area contributed by atoms with E-state index in [0.29, 0.717) is 11.4 Å². The number of hydrogen-bond acceptors (Lipinski definition) is 4. The number of amides is 1. The molecule has 2 aromatic rings. The molecule has 0 radical (unpaired) electrons. The zero-order chi connectivity index (χ0) is 22.8. The molecule has 1 aliphatic rings. The smallest absolute Gasteiger partial charge is 0.263 e. The third-order valence-electron chi connectivity index (χ3n) is 5.48. The summed E-state index contributed by atoms with van der Waals surface area (Å²) in [7, 11) is -3.57. The van der Waals surface area contributed by atoms with Crippen molar-refractivity contribution in [3.8, 4) is 5.75 Å². The summed E-state index contributed by atoms with van der Waals surface area (Å²) in [5.74, 6) is 0.0986. The Bertz CT molecular complexity index is 1030. The Labute approximate surface area is 185 Å². The molecular weight excluding hydrogens is 412 g/mol. The molecule has 2 atom stereocenters. The maximum absolute atomic E-state index is 12.9. The first-order valence-electron chi connectivity index (χ1n) is 10.6. The van der Waals surface area contributed by atoms with Crippen molar-refractivity contribution in [3.63, 3.8) is 0 Å². The van der Waals surface area contributed by atoms with Crippen LogP contribution in [0.25, 0.3) is 0 Å². The lowest BCUT2D eigenvalue weighted by atomic mass is 9.86. The van der Waals surface area contributed by atoms with E-state index < -0.39 is 16.1 Å². The summed E-state index contributed by atoms with van der Waals surface area (Å²) in [4.78, 5) is 12.9. The summed E-state index contributed by atoms with van der Waals surface area (Å²) in [5.41, 5.74) is 2.56. The van der Waals surface area contributed by atoms with Crippen LogP contribution in [0.15, 0.2) is 48.5 Å². The number of sulfonamides is 1. The Kier molecular flexibility index (Phi) is 6.65. The SMILES string of the molecule is C[C@@H](CCc1ccccc1)NC(=O)[C@@H]1CN(S(C)(=O)=O)c2cc(C(C)(C)C)ccc2O1. The van der Waals surface area contributed by atoms with Crippen molar-refractivity contribution in [1.82, 2.24) is 5.32 Å². The molecular formula is C24H32N2O4S. The molecule has 0 aromatic heterocycles. The van der Waals surface area contributed by atoms with Crippen LogP contribution in [0.2, 0.25) is 0 Å². The lowest BCUT2D eigenvalue weighted by molar-refractivity contribution is -0.128. The fourth-order valence-electron chi connectivity index (χ4n) is 3.60. The standard InChI is InChI=1S/C24H32N2O4S/c1-17(11-12-18-9-7-6-8-10-18)25-23(27)22-16-26(31(5,28)29)20-15-19(24(2,3)4)13-14-21(20)30-22/h6-10,13-15,17,22H,11-12,16H2,1-5H3,(H,25,27)/t17-,22-/m0/s1. The minimum Gasteiger partial charge on any atom is -0.476 e. The Morgan fingerprint density at radius 3 is 2.48 bits per heavy atom. The third kappa shape index (κ3) is 5.79. The van der Waals surface area contributed by atoms with E-state index in [1.165, 1.54) is 9.87 Å². The van der Waals surface area contributed by atoms with E-state index in [4.69, 9.17) is 4.74 Å². The van der Waals surface area contributed by atoms with Crippen LogP contribution in [0, 0.1) is 0 Å². The molecule has 0 saturated carbocycles. The van der Waals surface area contributed by atoms with Gasteiger partial charge in [0, 0.05) is 6.04 Å². The molecule has 7 heteroatoms.